The van der Waals surface area contributed by atoms with Crippen molar-refractivity contribution in [3.63, 3.8) is 0 Å². The number of carbonyl (C=O) groups is 13. The van der Waals surface area contributed by atoms with Crippen LogP contribution in [0.2, 0.25) is 0 Å². The van der Waals surface area contributed by atoms with Crippen LogP contribution in [-0.2, 0) is 94.4 Å². The van der Waals surface area contributed by atoms with Crippen molar-refractivity contribution in [2.75, 3.05) is 20.3 Å². The van der Waals surface area contributed by atoms with Gasteiger partial charge in [0.2, 0.25) is 65.0 Å². The number of aromatic nitrogens is 2. The number of carboxylic acids is 2. The van der Waals surface area contributed by atoms with Crippen LogP contribution in [0.4, 0.5) is 4.39 Å². The molecule has 32 nitrogen and oxygen atoms in total. The topological polar surface area (TPSA) is 513 Å². The summed E-state index contributed by atoms with van der Waals surface area (Å²) < 4.78 is 21.0. The zero-order valence-corrected chi connectivity index (χ0v) is 62.1. The Morgan fingerprint density at radius 2 is 1.19 bits per heavy atom. The van der Waals surface area contributed by atoms with Crippen LogP contribution in [0, 0.1) is 12.7 Å². The predicted octanol–water partition coefficient (Wildman–Crippen LogP) is 0.638. The largest absolute Gasteiger partial charge is 0.497 e. The molecule has 0 fully saturated rings. The Labute approximate surface area is 634 Å². The number of nitrogens with one attached hydrogen (secondary N) is 11. The predicted molar refractivity (Wildman–Crippen MR) is 399 cm³/mol. The second-order valence-corrected chi connectivity index (χ2v) is 26.8. The highest BCUT2D eigenvalue weighted by atomic mass is 19.1. The summed E-state index contributed by atoms with van der Waals surface area (Å²) in [5, 5.41) is 65.1. The molecule has 0 aliphatic heterocycles. The molecule has 11 atom stereocenters. The van der Waals surface area contributed by atoms with Crippen LogP contribution < -0.4 is 69.4 Å². The van der Waals surface area contributed by atoms with Gasteiger partial charge in [-0.2, -0.15) is 0 Å². The monoisotopic (exact) mass is 1520 g/mol. The van der Waals surface area contributed by atoms with Gasteiger partial charge in [0.25, 0.3) is 0 Å². The number of benzene rings is 5. The van der Waals surface area contributed by atoms with E-state index in [9.17, 15) is 82.8 Å². The lowest BCUT2D eigenvalue weighted by atomic mass is 9.90. The van der Waals surface area contributed by atoms with Gasteiger partial charge < -0.3 is 94.8 Å². The van der Waals surface area contributed by atoms with Crippen LogP contribution in [0.5, 0.6) is 5.75 Å². The van der Waals surface area contributed by atoms with E-state index in [0.29, 0.717) is 35.4 Å². The van der Waals surface area contributed by atoms with Crippen molar-refractivity contribution in [3.8, 4) is 28.0 Å². The summed E-state index contributed by atoms with van der Waals surface area (Å²) in [7, 11) is 1.55. The molecule has 1 heterocycles. The van der Waals surface area contributed by atoms with E-state index >= 15 is 4.39 Å². The fraction of sp³-hybridized carbons (Fsp3) is 0.403. The van der Waals surface area contributed by atoms with Crippen LogP contribution in [-0.4, -0.2) is 194 Å². The number of halogens is 1. The summed E-state index contributed by atoms with van der Waals surface area (Å²) in [5.74, 6) is -15.1. The number of aromatic amines is 1. The molecule has 1 aromatic heterocycles. The average molecular weight is 1530 g/mol. The van der Waals surface area contributed by atoms with Gasteiger partial charge in [0.1, 0.15) is 65.4 Å². The highest BCUT2D eigenvalue weighted by Gasteiger charge is 2.42. The number of methoxy groups -OCH3 is 1. The van der Waals surface area contributed by atoms with Gasteiger partial charge in [0.05, 0.1) is 45.2 Å². The molecular weight excluding hydrogens is 1430 g/mol. The molecule has 0 saturated carbocycles. The van der Waals surface area contributed by atoms with Gasteiger partial charge in [-0.15, -0.1) is 0 Å². The molecule has 0 spiro atoms. The molecule has 0 aliphatic carbocycles. The van der Waals surface area contributed by atoms with Gasteiger partial charge in [-0.3, -0.25) is 62.3 Å². The molecular formula is C77H97FN14O18. The van der Waals surface area contributed by atoms with Gasteiger partial charge in [0, 0.05) is 44.0 Å². The molecule has 0 aliphatic rings. The van der Waals surface area contributed by atoms with Crippen molar-refractivity contribution in [1.82, 2.24) is 63.1 Å². The molecule has 6 rings (SSSR count). The first-order valence-electron chi connectivity index (χ1n) is 35.7. The minimum atomic E-state index is -2.30. The number of aryl methyl sites for hydroxylation is 2. The Kier molecular flexibility index (Phi) is 33.2. The highest BCUT2D eigenvalue weighted by molar-refractivity contribution is 6.00. The summed E-state index contributed by atoms with van der Waals surface area (Å²) >= 11 is 0. The van der Waals surface area contributed by atoms with Crippen molar-refractivity contribution < 1.29 is 91.9 Å². The van der Waals surface area contributed by atoms with Crippen LogP contribution in [0.25, 0.3) is 22.3 Å². The number of aliphatic hydroxyl groups is 2. The number of aliphatic carboxylic acids is 2. The first kappa shape index (κ1) is 86.9. The van der Waals surface area contributed by atoms with E-state index in [-0.39, 0.29) is 37.7 Å². The number of imidazole rings is 1. The number of amides is 11. The second kappa shape index (κ2) is 42.0. The third-order valence-corrected chi connectivity index (χ3v) is 18.1. The number of rotatable bonds is 43. The van der Waals surface area contributed by atoms with Gasteiger partial charge >= 0.3 is 11.9 Å². The van der Waals surface area contributed by atoms with Crippen molar-refractivity contribution in [3.05, 3.63) is 167 Å². The number of ether oxygens (including phenoxy) is 1. The van der Waals surface area contributed by atoms with E-state index in [1.165, 1.54) is 37.6 Å². The van der Waals surface area contributed by atoms with Gasteiger partial charge in [-0.05, 0) is 115 Å². The van der Waals surface area contributed by atoms with Gasteiger partial charge in [-0.1, -0.05) is 124 Å². The highest BCUT2D eigenvalue weighted by Crippen LogP contribution is 2.29. The van der Waals surface area contributed by atoms with Crippen LogP contribution >= 0.6 is 0 Å². The van der Waals surface area contributed by atoms with Crippen LogP contribution in [0.15, 0.2) is 128 Å². The van der Waals surface area contributed by atoms with E-state index in [0.717, 1.165) is 53.3 Å². The van der Waals surface area contributed by atoms with E-state index in [1.807, 2.05) is 62.4 Å². The molecule has 110 heavy (non-hydrogen) atoms. The Morgan fingerprint density at radius 1 is 0.609 bits per heavy atom. The number of carboxylic acid groups (broad SMARTS) is 2. The average Bonchev–Trinajstić information content (AvgIpc) is 0.890. The van der Waals surface area contributed by atoms with Gasteiger partial charge in [-0.25, -0.2) is 9.37 Å². The smallest absolute Gasteiger partial charge is 0.305 e. The lowest BCUT2D eigenvalue weighted by Gasteiger charge is -2.34. The zero-order chi connectivity index (χ0) is 80.9. The normalized spacial score (nSPS) is 14.4. The third kappa shape index (κ3) is 26.2. The van der Waals surface area contributed by atoms with Crippen molar-refractivity contribution in [2.24, 2.45) is 11.5 Å². The molecule has 0 unspecified atom stereocenters. The Morgan fingerprint density at radius 3 is 1.77 bits per heavy atom. The molecule has 0 radical (unpaired) electrons. The number of unbranched alkanes of at least 4 members (excludes halogenated alkanes) is 1. The SMILES string of the molecule is CCCC[C@H](NC(=O)CNC(=O)[C@H](CCC(=O)O)NC(=O)[C@H](C)NC(=O)[C@@H](N)Cc1cnc[nH]1)C(=O)N[C@@](C)(Cc1ccccc1F)C(=O)N[C@H](C(=O)N[C@@H](CO)C(=O)N[C@@H](CC(=O)O)C(=O)N[C@@H](Cc1ccc(-c2ccc(OC)cc2CC)cc1)C(=O)N[C@@H](Cc1ccc(-c2ccccc2C)cc1)C(N)=O)[C@@H](C)O. The minimum absolute atomic E-state index is 0.0359. The van der Waals surface area contributed by atoms with E-state index < -0.39 is 188 Å². The minimum Gasteiger partial charge on any atom is -0.497 e. The maximum Gasteiger partial charge on any atom is 0.305 e. The molecule has 0 saturated heterocycles. The molecule has 0 bridgehead atoms. The molecule has 33 heteroatoms. The molecule has 590 valence electrons. The fourth-order valence-electron chi connectivity index (χ4n) is 11.8. The number of nitrogens with zero attached hydrogens (tertiary/aromatic N) is 1. The number of aliphatic hydroxyl groups excluding tert-OH is 2. The Hall–Kier alpha value is -12.0. The summed E-state index contributed by atoms with van der Waals surface area (Å²) in [6.07, 6.45) is -1.03. The quantitative estimate of drug-likeness (QED) is 0.0250. The molecule has 19 N–H and O–H groups in total. The number of primary amides is 1. The maximum absolute atomic E-state index is 15.6. The lowest BCUT2D eigenvalue weighted by molar-refractivity contribution is -0.142. The summed E-state index contributed by atoms with van der Waals surface area (Å²) in [6, 6.07) is 17.9. The summed E-state index contributed by atoms with van der Waals surface area (Å²) in [6.45, 7) is 7.02. The second-order valence-electron chi connectivity index (χ2n) is 26.8. The van der Waals surface area contributed by atoms with Crippen LogP contribution in [0.3, 0.4) is 0 Å². The van der Waals surface area contributed by atoms with Crippen molar-refractivity contribution in [2.45, 2.75) is 178 Å². The van der Waals surface area contributed by atoms with Crippen molar-refractivity contribution >= 4 is 76.9 Å². The number of hydrogen-bond donors (Lipinski definition) is 17. The molecule has 11 amide bonds. The third-order valence-electron chi connectivity index (χ3n) is 18.1. The summed E-state index contributed by atoms with van der Waals surface area (Å²) in [4.78, 5) is 184. The maximum atomic E-state index is 15.6. The fourth-order valence-corrected chi connectivity index (χ4v) is 11.8. The van der Waals surface area contributed by atoms with Crippen molar-refractivity contribution in [1.29, 1.82) is 0 Å². The number of H-pyrrole nitrogens is 1. The summed E-state index contributed by atoms with van der Waals surface area (Å²) in [5.41, 5.74) is 16.5. The number of carbonyl (C=O) groups excluding carboxylic acids is 11. The number of nitrogens with two attached hydrogens (primary N) is 2. The van der Waals surface area contributed by atoms with E-state index in [4.69, 9.17) is 16.2 Å². The first-order chi connectivity index (χ1) is 52.3. The molecule has 5 aromatic carbocycles. The zero-order valence-electron chi connectivity index (χ0n) is 62.1. The standard InChI is InChI=1S/C77H97FN14O18/c1-8-10-19-57(85-63(95)39-82-70(103)58(30-31-64(96)97)86-68(101)43(4)84-69(102)56(79)35-51-38-81-41-83-51)74(107)92-77(6,37-50-16-12-14-18-55(50)78)76(109)91-66(44(5)94)75(108)90-62(40-93)73(106)89-61(36-65(98)99)72(105)88-60(33-46-22-26-49(27-23-46)54-29-28-52(110-7)34-47(54)9-2)71(104)87-59(67(80)100)32-45-20-24-48(25-21-45)53-17-13-11-15-42(53)3/h11-18,20-29,34,38,41,43-44,56-62,66,93-94H,8-10,19,30-33,35-37,39-40,79H2,1-7H3,(H2,80,100)(H,81,83)(H,82,103)(H,84,102)(H,85,95)(H,86,101)(H,87,104)(H,88,105)(H,89,106)(H,90,108)(H,91,109)(H,92,107)(H,96,97)(H,98,99)/t43-,44+,56-,57-,58-,59-,60-,61-,62-,66-,77-/m0/s1. The van der Waals surface area contributed by atoms with Crippen LogP contribution in [0.1, 0.15) is 107 Å². The Bertz CT molecular complexity index is 4220. The lowest BCUT2D eigenvalue weighted by Crippen LogP contribution is -2.66. The van der Waals surface area contributed by atoms with E-state index in [1.54, 1.807) is 56.5 Å². The van der Waals surface area contributed by atoms with Gasteiger partial charge in [0.15, 0.2) is 0 Å². The first-order valence-corrected chi connectivity index (χ1v) is 35.7. The molecule has 6 aromatic rings. The number of hydrogen-bond acceptors (Lipinski definition) is 18. The Balaban J connectivity index is 1.18. The van der Waals surface area contributed by atoms with E-state index in [2.05, 4.69) is 63.1 Å².